The summed E-state index contributed by atoms with van der Waals surface area (Å²) in [5, 5.41) is 13.3. The van der Waals surface area contributed by atoms with Crippen LogP contribution in [0.15, 0.2) is 65.6 Å². The number of hydrogen-bond donors (Lipinski definition) is 1. The van der Waals surface area contributed by atoms with E-state index in [0.717, 1.165) is 27.8 Å². The Morgan fingerprint density at radius 1 is 1.05 bits per heavy atom. The van der Waals surface area contributed by atoms with Gasteiger partial charge in [-0.2, -0.15) is 0 Å². The first-order chi connectivity index (χ1) is 19.2. The number of carbonyl (C=O) groups is 3. The number of nitrogens with one attached hydrogen (secondary N) is 1. The number of carbonyl (C=O) groups excluding carboxylic acids is 3. The lowest BCUT2D eigenvalue weighted by Crippen LogP contribution is -2.36. The van der Waals surface area contributed by atoms with Gasteiger partial charge in [-0.15, -0.1) is 0 Å². The molecule has 0 aliphatic carbocycles. The van der Waals surface area contributed by atoms with Crippen molar-refractivity contribution in [2.24, 2.45) is 0 Å². The molecule has 206 valence electrons. The fraction of sp³-hybridized carbons (Fsp3) is 0.207. The highest BCUT2D eigenvalue weighted by atomic mass is 32.2. The van der Waals surface area contributed by atoms with Crippen molar-refractivity contribution >= 4 is 46.3 Å². The molecule has 10 nitrogen and oxygen atoms in total. The molecular weight excluding hydrogens is 534 g/mol. The summed E-state index contributed by atoms with van der Waals surface area (Å²) in [4.78, 5) is 49.8. The van der Waals surface area contributed by atoms with Crippen LogP contribution in [0.25, 0.3) is 6.08 Å². The lowest BCUT2D eigenvalue weighted by molar-refractivity contribution is -0.384. The van der Waals surface area contributed by atoms with Crippen LogP contribution in [0.2, 0.25) is 0 Å². The monoisotopic (exact) mass is 561 g/mol. The van der Waals surface area contributed by atoms with Gasteiger partial charge in [0.15, 0.2) is 11.5 Å². The second kappa shape index (κ2) is 12.5. The number of rotatable bonds is 10. The third-order valence-electron chi connectivity index (χ3n) is 6.14. The van der Waals surface area contributed by atoms with Gasteiger partial charge in [0.05, 0.1) is 16.4 Å². The summed E-state index contributed by atoms with van der Waals surface area (Å²) in [6.45, 7) is 5.66. The highest BCUT2D eigenvalue weighted by molar-refractivity contribution is 8.18. The molecule has 3 amide bonds. The van der Waals surface area contributed by atoms with Crippen molar-refractivity contribution in [1.82, 2.24) is 4.90 Å². The third kappa shape index (κ3) is 6.67. The Kier molecular flexibility index (Phi) is 8.85. The zero-order valence-electron chi connectivity index (χ0n) is 22.1. The first-order valence-electron chi connectivity index (χ1n) is 12.4. The average Bonchev–Trinajstić information content (AvgIpc) is 3.18. The predicted octanol–water partition coefficient (Wildman–Crippen LogP) is 5.86. The van der Waals surface area contributed by atoms with Gasteiger partial charge in [0.1, 0.15) is 13.2 Å². The molecule has 1 aliphatic rings. The summed E-state index contributed by atoms with van der Waals surface area (Å²) < 4.78 is 11.6. The van der Waals surface area contributed by atoms with Crippen molar-refractivity contribution in [2.75, 3.05) is 18.5 Å². The fourth-order valence-electron chi connectivity index (χ4n) is 3.93. The number of thioether (sulfide) groups is 1. The van der Waals surface area contributed by atoms with E-state index in [4.69, 9.17) is 9.47 Å². The topological polar surface area (TPSA) is 128 Å². The second-order valence-corrected chi connectivity index (χ2v) is 9.91. The Morgan fingerprint density at radius 2 is 1.82 bits per heavy atom. The van der Waals surface area contributed by atoms with Gasteiger partial charge < -0.3 is 14.8 Å². The van der Waals surface area contributed by atoms with Crippen molar-refractivity contribution in [3.63, 3.8) is 0 Å². The number of amides is 3. The van der Waals surface area contributed by atoms with Crippen LogP contribution in [0.1, 0.15) is 29.2 Å². The normalized spacial score (nSPS) is 14.0. The molecule has 1 heterocycles. The average molecular weight is 562 g/mol. The smallest absolute Gasteiger partial charge is 0.294 e. The molecule has 1 aliphatic heterocycles. The number of imide groups is 1. The maximum absolute atomic E-state index is 13.0. The third-order valence-corrected chi connectivity index (χ3v) is 7.04. The summed E-state index contributed by atoms with van der Waals surface area (Å²) in [5.74, 6) is -0.202. The molecule has 1 fully saturated rings. The molecule has 40 heavy (non-hydrogen) atoms. The Labute approximate surface area is 235 Å². The van der Waals surface area contributed by atoms with E-state index >= 15 is 0 Å². The van der Waals surface area contributed by atoms with Crippen molar-refractivity contribution in [3.05, 3.63) is 97.9 Å². The quantitative estimate of drug-likeness (QED) is 0.185. The van der Waals surface area contributed by atoms with Crippen LogP contribution in [0.5, 0.6) is 11.5 Å². The predicted molar refractivity (Wildman–Crippen MR) is 152 cm³/mol. The van der Waals surface area contributed by atoms with E-state index in [1.807, 2.05) is 32.9 Å². The number of nitro benzene ring substituents is 1. The van der Waals surface area contributed by atoms with Crippen molar-refractivity contribution in [2.45, 2.75) is 27.4 Å². The summed E-state index contributed by atoms with van der Waals surface area (Å²) in [7, 11) is 0. The van der Waals surface area contributed by atoms with Crippen LogP contribution in [0, 0.1) is 24.0 Å². The molecule has 0 atom stereocenters. The minimum absolute atomic E-state index is 0.0295. The maximum Gasteiger partial charge on any atom is 0.294 e. The van der Waals surface area contributed by atoms with Crippen LogP contribution < -0.4 is 14.8 Å². The van der Waals surface area contributed by atoms with E-state index < -0.39 is 28.5 Å². The van der Waals surface area contributed by atoms with Gasteiger partial charge >= 0.3 is 0 Å². The van der Waals surface area contributed by atoms with Gasteiger partial charge in [-0.3, -0.25) is 29.4 Å². The number of aryl methyl sites for hydroxylation is 1. The molecule has 1 saturated heterocycles. The minimum Gasteiger partial charge on any atom is -0.490 e. The molecular formula is C29H27N3O7S. The SMILES string of the molecule is CCOc1cc(/C=C2/SC(=O)N(CC(=O)Nc3cccc(C)c3C)C2=O)ccc1OCc1cccc([N+](=O)[O-])c1. The van der Waals surface area contributed by atoms with E-state index in [-0.39, 0.29) is 17.2 Å². The molecule has 3 aromatic rings. The molecule has 3 aromatic carbocycles. The van der Waals surface area contributed by atoms with E-state index in [1.165, 1.54) is 12.1 Å². The zero-order chi connectivity index (χ0) is 28.8. The number of ether oxygens (including phenoxy) is 2. The van der Waals surface area contributed by atoms with Crippen LogP contribution >= 0.6 is 11.8 Å². The molecule has 0 unspecified atom stereocenters. The lowest BCUT2D eigenvalue weighted by atomic mass is 10.1. The van der Waals surface area contributed by atoms with Crippen LogP contribution in [-0.2, 0) is 16.2 Å². The van der Waals surface area contributed by atoms with Gasteiger partial charge in [0.25, 0.3) is 16.8 Å². The standard InChI is InChI=1S/C29H27N3O7S/c1-4-38-25-14-20(11-12-24(25)39-17-21-8-6-9-22(13-21)32(36)37)15-26-28(34)31(29(35)40-26)16-27(33)30-23-10-5-7-18(2)19(23)3/h5-15H,4,16-17H2,1-3H3,(H,30,33)/b26-15+. The highest BCUT2D eigenvalue weighted by Gasteiger charge is 2.36. The summed E-state index contributed by atoms with van der Waals surface area (Å²) in [6.07, 6.45) is 1.56. The van der Waals surface area contributed by atoms with Crippen molar-refractivity contribution < 1.29 is 28.8 Å². The summed E-state index contributed by atoms with van der Waals surface area (Å²) in [5.41, 5.74) is 3.74. The number of non-ortho nitro benzene ring substituents is 1. The Hall–Kier alpha value is -4.64. The molecule has 11 heteroatoms. The Morgan fingerprint density at radius 3 is 2.58 bits per heavy atom. The summed E-state index contributed by atoms with van der Waals surface area (Å²) in [6, 6.07) is 16.7. The van der Waals surface area contributed by atoms with Crippen molar-refractivity contribution in [3.8, 4) is 11.5 Å². The Bertz CT molecular complexity index is 1520. The van der Waals surface area contributed by atoms with Crippen LogP contribution in [-0.4, -0.2) is 40.0 Å². The first-order valence-corrected chi connectivity index (χ1v) is 13.2. The zero-order valence-corrected chi connectivity index (χ0v) is 22.9. The number of hydrogen-bond acceptors (Lipinski definition) is 8. The maximum atomic E-state index is 13.0. The number of benzene rings is 3. The molecule has 0 aromatic heterocycles. The lowest BCUT2D eigenvalue weighted by Gasteiger charge is -2.14. The molecule has 4 rings (SSSR count). The van der Waals surface area contributed by atoms with E-state index in [9.17, 15) is 24.5 Å². The molecule has 0 radical (unpaired) electrons. The minimum atomic E-state index is -0.560. The molecule has 0 bridgehead atoms. The van der Waals surface area contributed by atoms with Gasteiger partial charge in [-0.1, -0.05) is 30.3 Å². The first kappa shape index (κ1) is 28.4. The van der Waals surface area contributed by atoms with Gasteiger partial charge in [-0.05, 0) is 79.1 Å². The van der Waals surface area contributed by atoms with Gasteiger partial charge in [-0.25, -0.2) is 0 Å². The van der Waals surface area contributed by atoms with Gasteiger partial charge in [0.2, 0.25) is 5.91 Å². The van der Waals surface area contributed by atoms with Crippen LogP contribution in [0.4, 0.5) is 16.2 Å². The molecule has 0 spiro atoms. The Balaban J connectivity index is 1.45. The molecule has 0 saturated carbocycles. The fourth-order valence-corrected chi connectivity index (χ4v) is 4.77. The number of nitro groups is 1. The highest BCUT2D eigenvalue weighted by Crippen LogP contribution is 2.35. The van der Waals surface area contributed by atoms with E-state index in [2.05, 4.69) is 5.32 Å². The number of anilines is 1. The molecule has 1 N–H and O–H groups in total. The van der Waals surface area contributed by atoms with Crippen molar-refractivity contribution in [1.29, 1.82) is 0 Å². The summed E-state index contributed by atoms with van der Waals surface area (Å²) >= 11 is 0.757. The largest absolute Gasteiger partial charge is 0.490 e. The van der Waals surface area contributed by atoms with Gasteiger partial charge in [0, 0.05) is 17.8 Å². The van der Waals surface area contributed by atoms with E-state index in [0.29, 0.717) is 34.9 Å². The second-order valence-electron chi connectivity index (χ2n) is 8.92. The number of nitrogens with zero attached hydrogens (tertiary/aromatic N) is 2. The van der Waals surface area contributed by atoms with Crippen LogP contribution in [0.3, 0.4) is 0 Å². The van der Waals surface area contributed by atoms with E-state index in [1.54, 1.807) is 42.5 Å².